The summed E-state index contributed by atoms with van der Waals surface area (Å²) in [4.78, 5) is 0. The van der Waals surface area contributed by atoms with E-state index in [1.807, 2.05) is 13.8 Å². The molecule has 0 saturated carbocycles. The van der Waals surface area contributed by atoms with Crippen LogP contribution in [0.25, 0.3) is 0 Å². The maximum atomic E-state index is 6.06. The zero-order valence-corrected chi connectivity index (χ0v) is 13.7. The first-order chi connectivity index (χ1) is 8.64. The van der Waals surface area contributed by atoms with E-state index in [1.165, 1.54) is 12.8 Å². The van der Waals surface area contributed by atoms with Gasteiger partial charge in [-0.3, -0.25) is 0 Å². The molecule has 4 heteroatoms. The highest BCUT2D eigenvalue weighted by atomic mass is 28.4. The van der Waals surface area contributed by atoms with E-state index in [0.29, 0.717) is 13.2 Å². The molecule has 108 valence electrons. The van der Waals surface area contributed by atoms with Crippen LogP contribution in [-0.2, 0) is 13.3 Å². The minimum absolute atomic E-state index is 0.172. The molecule has 0 amide bonds. The summed E-state index contributed by atoms with van der Waals surface area (Å²) in [5, 5.41) is 0. The molecule has 0 aromatic rings. The van der Waals surface area contributed by atoms with Crippen LogP contribution < -0.4 is 0 Å². The quantitative estimate of drug-likeness (QED) is 0.419. The highest BCUT2D eigenvalue weighted by molar-refractivity contribution is 6.66. The van der Waals surface area contributed by atoms with Gasteiger partial charge < -0.3 is 13.3 Å². The maximum absolute atomic E-state index is 6.06. The van der Waals surface area contributed by atoms with Crippen molar-refractivity contribution in [1.29, 1.82) is 0 Å². The minimum Gasteiger partial charge on any atom is -0.371 e. The predicted molar refractivity (Wildman–Crippen MR) is 78.5 cm³/mol. The van der Waals surface area contributed by atoms with Gasteiger partial charge in [0.15, 0.2) is 0 Å². The van der Waals surface area contributed by atoms with Crippen LogP contribution in [0.1, 0.15) is 60.3 Å². The van der Waals surface area contributed by atoms with Crippen LogP contribution >= 0.6 is 0 Å². The maximum Gasteiger partial charge on any atom is 0.529 e. The van der Waals surface area contributed by atoms with Crippen LogP contribution in [-0.4, -0.2) is 28.1 Å². The second kappa shape index (κ2) is 10.7. The Balaban J connectivity index is 4.66. The SMILES string of the molecule is CCCCC=C[Si](OCC)(OCC)OC(C)CC. The Hall–Kier alpha value is -0.163. The molecule has 0 heterocycles. The number of rotatable bonds is 11. The Bertz CT molecular complexity index is 213. The average Bonchev–Trinajstić information content (AvgIpc) is 2.35. The van der Waals surface area contributed by atoms with Gasteiger partial charge in [0.2, 0.25) is 0 Å². The van der Waals surface area contributed by atoms with E-state index < -0.39 is 8.80 Å². The van der Waals surface area contributed by atoms with E-state index in [1.54, 1.807) is 0 Å². The lowest BCUT2D eigenvalue weighted by Crippen LogP contribution is -2.46. The zero-order valence-electron chi connectivity index (χ0n) is 12.7. The van der Waals surface area contributed by atoms with Crippen LogP contribution in [0.5, 0.6) is 0 Å². The van der Waals surface area contributed by atoms with Gasteiger partial charge in [-0.2, -0.15) is 0 Å². The first-order valence-electron chi connectivity index (χ1n) is 7.27. The van der Waals surface area contributed by atoms with Crippen LogP contribution in [0, 0.1) is 0 Å². The Morgan fingerprint density at radius 3 is 2.11 bits per heavy atom. The normalized spacial score (nSPS) is 14.3. The van der Waals surface area contributed by atoms with Crippen LogP contribution in [0.15, 0.2) is 11.8 Å². The summed E-state index contributed by atoms with van der Waals surface area (Å²) in [6.45, 7) is 11.6. The largest absolute Gasteiger partial charge is 0.529 e. The van der Waals surface area contributed by atoms with Gasteiger partial charge in [0, 0.05) is 19.3 Å². The van der Waals surface area contributed by atoms with Crippen molar-refractivity contribution in [2.24, 2.45) is 0 Å². The van der Waals surface area contributed by atoms with Crippen molar-refractivity contribution in [2.45, 2.75) is 66.4 Å². The van der Waals surface area contributed by atoms with Crippen molar-refractivity contribution in [3.63, 3.8) is 0 Å². The highest BCUT2D eigenvalue weighted by Crippen LogP contribution is 2.16. The van der Waals surface area contributed by atoms with Gasteiger partial charge in [0.25, 0.3) is 0 Å². The molecule has 0 spiro atoms. The average molecular weight is 274 g/mol. The van der Waals surface area contributed by atoms with Gasteiger partial charge in [-0.1, -0.05) is 32.8 Å². The molecule has 0 aliphatic rings. The molecule has 18 heavy (non-hydrogen) atoms. The summed E-state index contributed by atoms with van der Waals surface area (Å²) in [5.74, 6) is 0. The summed E-state index contributed by atoms with van der Waals surface area (Å²) in [7, 11) is -2.61. The third kappa shape index (κ3) is 7.31. The molecule has 0 aromatic heterocycles. The van der Waals surface area contributed by atoms with E-state index >= 15 is 0 Å². The molecule has 1 atom stereocenters. The fourth-order valence-electron chi connectivity index (χ4n) is 1.56. The first kappa shape index (κ1) is 17.8. The van der Waals surface area contributed by atoms with E-state index in [4.69, 9.17) is 13.3 Å². The molecule has 0 aliphatic carbocycles. The Labute approximate surface area is 114 Å². The molecule has 1 unspecified atom stereocenters. The monoisotopic (exact) mass is 274 g/mol. The van der Waals surface area contributed by atoms with Gasteiger partial charge in [-0.15, -0.1) is 0 Å². The Morgan fingerprint density at radius 1 is 1.06 bits per heavy atom. The van der Waals surface area contributed by atoms with Gasteiger partial charge in [0.1, 0.15) is 0 Å². The first-order valence-corrected chi connectivity index (χ1v) is 9.07. The third-order valence-corrected chi connectivity index (χ3v) is 5.43. The summed E-state index contributed by atoms with van der Waals surface area (Å²) < 4.78 is 17.7. The second-order valence-electron chi connectivity index (χ2n) is 4.35. The van der Waals surface area contributed by atoms with Crippen molar-refractivity contribution >= 4 is 8.80 Å². The third-order valence-electron chi connectivity index (χ3n) is 2.68. The molecular formula is C14H30O3Si. The topological polar surface area (TPSA) is 27.7 Å². The number of allylic oxidation sites excluding steroid dienone is 1. The lowest BCUT2D eigenvalue weighted by Gasteiger charge is -2.28. The van der Waals surface area contributed by atoms with Crippen molar-refractivity contribution in [2.75, 3.05) is 13.2 Å². The Morgan fingerprint density at radius 2 is 1.67 bits per heavy atom. The minimum atomic E-state index is -2.61. The van der Waals surface area contributed by atoms with E-state index in [0.717, 1.165) is 12.8 Å². The lowest BCUT2D eigenvalue weighted by atomic mass is 10.2. The molecule has 0 fully saturated rings. The molecule has 0 radical (unpaired) electrons. The lowest BCUT2D eigenvalue weighted by molar-refractivity contribution is 0.0485. The smallest absolute Gasteiger partial charge is 0.371 e. The molecule has 0 saturated heterocycles. The Kier molecular flexibility index (Phi) is 10.6. The van der Waals surface area contributed by atoms with Crippen molar-refractivity contribution in [3.8, 4) is 0 Å². The van der Waals surface area contributed by atoms with Gasteiger partial charge in [0.05, 0.1) is 0 Å². The second-order valence-corrected chi connectivity index (χ2v) is 6.70. The predicted octanol–water partition coefficient (Wildman–Crippen LogP) is 4.10. The fraction of sp³-hybridized carbons (Fsp3) is 0.857. The van der Waals surface area contributed by atoms with Gasteiger partial charge in [-0.05, 0) is 39.3 Å². The summed E-state index contributed by atoms with van der Waals surface area (Å²) in [6, 6.07) is 0. The molecule has 3 nitrogen and oxygen atoms in total. The van der Waals surface area contributed by atoms with Crippen LogP contribution in [0.2, 0.25) is 0 Å². The highest BCUT2D eigenvalue weighted by Gasteiger charge is 2.39. The van der Waals surface area contributed by atoms with Crippen LogP contribution in [0.4, 0.5) is 0 Å². The molecule has 0 rings (SSSR count). The van der Waals surface area contributed by atoms with Gasteiger partial charge >= 0.3 is 8.80 Å². The van der Waals surface area contributed by atoms with E-state index in [2.05, 4.69) is 32.5 Å². The van der Waals surface area contributed by atoms with Crippen molar-refractivity contribution < 1.29 is 13.3 Å². The zero-order chi connectivity index (χ0) is 13.9. The van der Waals surface area contributed by atoms with E-state index in [9.17, 15) is 0 Å². The fourth-order valence-corrected chi connectivity index (χ4v) is 4.04. The van der Waals surface area contributed by atoms with Crippen molar-refractivity contribution in [3.05, 3.63) is 11.8 Å². The standard InChI is InChI=1S/C14H30O3Si/c1-6-10-11-12-13-18(15-8-3,16-9-4)17-14(5)7-2/h12-14H,6-11H2,1-5H3. The van der Waals surface area contributed by atoms with Crippen LogP contribution in [0.3, 0.4) is 0 Å². The summed E-state index contributed by atoms with van der Waals surface area (Å²) in [5.41, 5.74) is 2.06. The molecule has 0 aliphatic heterocycles. The van der Waals surface area contributed by atoms with Crippen molar-refractivity contribution in [1.82, 2.24) is 0 Å². The molecular weight excluding hydrogens is 244 g/mol. The molecule has 0 aromatic carbocycles. The molecule has 0 N–H and O–H groups in total. The van der Waals surface area contributed by atoms with Gasteiger partial charge in [-0.25, -0.2) is 0 Å². The summed E-state index contributed by atoms with van der Waals surface area (Å²) in [6.07, 6.45) is 6.76. The molecule has 0 bridgehead atoms. The number of hydrogen-bond donors (Lipinski definition) is 0. The number of unbranched alkanes of at least 4 members (excludes halogenated alkanes) is 2. The van der Waals surface area contributed by atoms with E-state index in [-0.39, 0.29) is 6.10 Å². The summed E-state index contributed by atoms with van der Waals surface area (Å²) >= 11 is 0. The number of hydrogen-bond acceptors (Lipinski definition) is 3.